The number of para-hydroxylation sites is 1. The monoisotopic (exact) mass is 757 g/mol. The van der Waals surface area contributed by atoms with Crippen LogP contribution in [0.2, 0.25) is 5.02 Å². The third kappa shape index (κ3) is 11.5. The first-order valence-electron chi connectivity index (χ1n) is 15.9. The minimum Gasteiger partial charge on any atom is -0.460 e. The minimum absolute atomic E-state index is 0.211. The predicted molar refractivity (Wildman–Crippen MR) is 190 cm³/mol. The number of esters is 1. The summed E-state index contributed by atoms with van der Waals surface area (Å²) in [7, 11) is 0. The number of aliphatic imine (C=N–C) groups is 1. The zero-order valence-electron chi connectivity index (χ0n) is 28.6. The third-order valence-corrected chi connectivity index (χ3v) is 7.35. The molecule has 0 bridgehead atoms. The molecule has 3 aromatic rings. The number of alkyl halides is 3. The first-order valence-corrected chi connectivity index (χ1v) is 16.2. The standard InChI is InChI=1S/C35H35ClF3N7O7/c1-34(2,3)53-29(48)16-22(17-41-45-32(40)50)42-28(47)18-46-27-12-8-7-11-23(27)30(20-9-5-4-6-10-20)43-26(31(46)49)19-52-33(51)44-25-14-13-21(36)15-24(25)35(37,38)39/h4-15,17,22,26H,16,18-19H2,1-3H3,(H,42,47)(H,44,51)(H3,40,45,50)/b41-17-/t22-,26+/m0/s1. The molecule has 280 valence electrons. The van der Waals surface area contributed by atoms with Crippen molar-refractivity contribution in [3.8, 4) is 0 Å². The Kier molecular flexibility index (Phi) is 12.8. The van der Waals surface area contributed by atoms with E-state index in [0.717, 1.165) is 23.2 Å². The molecule has 1 aliphatic rings. The van der Waals surface area contributed by atoms with Crippen molar-refractivity contribution in [2.24, 2.45) is 15.8 Å². The van der Waals surface area contributed by atoms with E-state index in [1.807, 2.05) is 10.7 Å². The number of rotatable bonds is 11. The Bertz CT molecular complexity index is 1920. The van der Waals surface area contributed by atoms with E-state index in [-0.39, 0.29) is 10.7 Å². The fourth-order valence-electron chi connectivity index (χ4n) is 5.04. The number of ether oxygens (including phenoxy) is 2. The summed E-state index contributed by atoms with van der Waals surface area (Å²) in [6.45, 7) is 3.57. The minimum atomic E-state index is -4.86. The highest BCUT2D eigenvalue weighted by Crippen LogP contribution is 2.36. The summed E-state index contributed by atoms with van der Waals surface area (Å²) < 4.78 is 51.5. The average molecular weight is 758 g/mol. The molecule has 1 aliphatic heterocycles. The van der Waals surface area contributed by atoms with E-state index < -0.39 is 84.6 Å². The lowest BCUT2D eigenvalue weighted by Crippen LogP contribution is -2.49. The highest BCUT2D eigenvalue weighted by atomic mass is 35.5. The maximum atomic E-state index is 14.2. The first kappa shape index (κ1) is 39.8. The number of hydrogen-bond donors (Lipinski definition) is 4. The Balaban J connectivity index is 1.63. The number of carbonyl (C=O) groups is 5. The van der Waals surface area contributed by atoms with Gasteiger partial charge in [0.1, 0.15) is 18.8 Å². The molecule has 53 heavy (non-hydrogen) atoms. The van der Waals surface area contributed by atoms with E-state index in [1.165, 1.54) is 0 Å². The molecule has 0 spiro atoms. The maximum absolute atomic E-state index is 14.2. The lowest BCUT2D eigenvalue weighted by atomic mass is 10.0. The van der Waals surface area contributed by atoms with Crippen molar-refractivity contribution < 1.29 is 46.6 Å². The second-order valence-electron chi connectivity index (χ2n) is 12.4. The molecule has 5 N–H and O–H groups in total. The van der Waals surface area contributed by atoms with Crippen LogP contribution in [0.3, 0.4) is 0 Å². The summed E-state index contributed by atoms with van der Waals surface area (Å²) in [5, 5.41) is 8.04. The van der Waals surface area contributed by atoms with Gasteiger partial charge in [0.2, 0.25) is 5.91 Å². The van der Waals surface area contributed by atoms with E-state index in [0.29, 0.717) is 22.9 Å². The molecule has 0 aromatic heterocycles. The van der Waals surface area contributed by atoms with Crippen LogP contribution < -0.4 is 26.7 Å². The summed E-state index contributed by atoms with van der Waals surface area (Å²) in [5.41, 5.74) is 5.89. The Morgan fingerprint density at radius 3 is 2.38 bits per heavy atom. The molecule has 3 aromatic carbocycles. The Morgan fingerprint density at radius 2 is 1.72 bits per heavy atom. The second kappa shape index (κ2) is 17.0. The van der Waals surface area contributed by atoms with Crippen LogP contribution in [0.15, 0.2) is 82.9 Å². The highest BCUT2D eigenvalue weighted by molar-refractivity contribution is 6.30. The number of carbonyl (C=O) groups excluding carboxylic acids is 5. The molecule has 2 atom stereocenters. The van der Waals surface area contributed by atoms with Crippen LogP contribution in [0.1, 0.15) is 43.9 Å². The smallest absolute Gasteiger partial charge is 0.418 e. The number of amides is 5. The largest absolute Gasteiger partial charge is 0.460 e. The number of primary amides is 1. The molecular weight excluding hydrogens is 723 g/mol. The predicted octanol–water partition coefficient (Wildman–Crippen LogP) is 5.03. The number of benzene rings is 3. The van der Waals surface area contributed by atoms with Crippen molar-refractivity contribution in [2.45, 2.75) is 51.1 Å². The Morgan fingerprint density at radius 1 is 1.04 bits per heavy atom. The zero-order valence-corrected chi connectivity index (χ0v) is 29.3. The van der Waals surface area contributed by atoms with Gasteiger partial charge in [0.05, 0.1) is 35.1 Å². The maximum Gasteiger partial charge on any atom is 0.418 e. The fourth-order valence-corrected chi connectivity index (χ4v) is 5.21. The van der Waals surface area contributed by atoms with Gasteiger partial charge in [-0.05, 0) is 45.0 Å². The van der Waals surface area contributed by atoms with Gasteiger partial charge in [-0.1, -0.05) is 60.1 Å². The van der Waals surface area contributed by atoms with Gasteiger partial charge in [-0.15, -0.1) is 0 Å². The van der Waals surface area contributed by atoms with Crippen LogP contribution in [-0.2, 0) is 30.0 Å². The molecule has 0 aliphatic carbocycles. The van der Waals surface area contributed by atoms with Crippen molar-refractivity contribution in [1.29, 1.82) is 0 Å². The number of urea groups is 1. The number of hydrogen-bond acceptors (Lipinski definition) is 9. The molecule has 0 saturated heterocycles. The zero-order chi connectivity index (χ0) is 38.9. The van der Waals surface area contributed by atoms with Crippen molar-refractivity contribution in [2.75, 3.05) is 23.4 Å². The summed E-state index contributed by atoms with van der Waals surface area (Å²) in [5.74, 6) is -2.29. The van der Waals surface area contributed by atoms with E-state index in [2.05, 4.69) is 15.4 Å². The van der Waals surface area contributed by atoms with Gasteiger partial charge in [0.15, 0.2) is 6.04 Å². The number of nitrogens with one attached hydrogen (secondary N) is 3. The topological polar surface area (TPSA) is 194 Å². The van der Waals surface area contributed by atoms with Crippen molar-refractivity contribution in [1.82, 2.24) is 10.7 Å². The Hall–Kier alpha value is -5.97. The molecule has 0 saturated carbocycles. The van der Waals surface area contributed by atoms with E-state index in [4.69, 9.17) is 26.8 Å². The molecule has 0 radical (unpaired) electrons. The van der Waals surface area contributed by atoms with E-state index in [9.17, 15) is 37.1 Å². The third-order valence-electron chi connectivity index (χ3n) is 7.11. The van der Waals surface area contributed by atoms with Crippen LogP contribution in [0.4, 0.5) is 34.1 Å². The molecule has 18 heteroatoms. The molecule has 5 amide bonds. The van der Waals surface area contributed by atoms with Gasteiger partial charge in [-0.25, -0.2) is 15.0 Å². The van der Waals surface area contributed by atoms with Gasteiger partial charge in [0.25, 0.3) is 5.91 Å². The number of nitrogens with two attached hydrogens (primary N) is 1. The number of anilines is 2. The quantitative estimate of drug-likeness (QED) is 0.120. The van der Waals surface area contributed by atoms with E-state index in [1.54, 1.807) is 75.4 Å². The number of nitrogens with zero attached hydrogens (tertiary/aromatic N) is 3. The van der Waals surface area contributed by atoms with Gasteiger partial charge >= 0.3 is 24.3 Å². The van der Waals surface area contributed by atoms with E-state index >= 15 is 0 Å². The lowest BCUT2D eigenvalue weighted by molar-refractivity contribution is -0.155. The lowest BCUT2D eigenvalue weighted by Gasteiger charge is -2.26. The summed E-state index contributed by atoms with van der Waals surface area (Å²) in [6, 6.07) is 14.4. The highest BCUT2D eigenvalue weighted by Gasteiger charge is 2.36. The summed E-state index contributed by atoms with van der Waals surface area (Å²) >= 11 is 5.74. The van der Waals surface area contributed by atoms with Gasteiger partial charge in [-0.2, -0.15) is 18.3 Å². The molecule has 1 heterocycles. The van der Waals surface area contributed by atoms with Crippen LogP contribution in [-0.4, -0.2) is 72.7 Å². The number of benzodiazepines with no additional fused rings is 1. The number of fused-ring (bicyclic) bond motifs is 1. The van der Waals surface area contributed by atoms with Gasteiger partial charge in [-0.3, -0.25) is 24.7 Å². The fraction of sp³-hybridized carbons (Fsp3) is 0.286. The SMILES string of the molecule is CC(C)(C)OC(=O)C[C@@H](/C=N\NC(N)=O)NC(=O)CN1C(=O)[C@@H](COC(=O)Nc2ccc(Cl)cc2C(F)(F)F)N=C(c2ccccc2)c2ccccc21. The van der Waals surface area contributed by atoms with Crippen molar-refractivity contribution in [3.63, 3.8) is 0 Å². The number of halogens is 4. The van der Waals surface area contributed by atoms with Crippen molar-refractivity contribution in [3.05, 3.63) is 94.5 Å². The number of hydrazone groups is 1. The first-order chi connectivity index (χ1) is 24.9. The molecular formula is C35H35ClF3N7O7. The van der Waals surface area contributed by atoms with Crippen LogP contribution >= 0.6 is 11.6 Å². The molecule has 14 nitrogen and oxygen atoms in total. The normalized spacial score (nSPS) is 15.1. The van der Waals surface area contributed by atoms with Gasteiger partial charge in [0, 0.05) is 22.4 Å². The Labute approximate surface area is 306 Å². The second-order valence-corrected chi connectivity index (χ2v) is 12.9. The molecule has 0 fully saturated rings. The van der Waals surface area contributed by atoms with Gasteiger partial charge < -0.3 is 25.4 Å². The van der Waals surface area contributed by atoms with Crippen LogP contribution in [0, 0.1) is 0 Å². The molecule has 4 rings (SSSR count). The summed E-state index contributed by atoms with van der Waals surface area (Å²) in [6.07, 6.45) is -5.53. The van der Waals surface area contributed by atoms with Crippen molar-refractivity contribution >= 4 is 64.8 Å². The summed E-state index contributed by atoms with van der Waals surface area (Å²) in [4.78, 5) is 70.0. The van der Waals surface area contributed by atoms with Crippen LogP contribution in [0.25, 0.3) is 0 Å². The average Bonchev–Trinajstić information content (AvgIpc) is 3.17. The molecule has 0 unspecified atom stereocenters. The van der Waals surface area contributed by atoms with Crippen LogP contribution in [0.5, 0.6) is 0 Å².